The van der Waals surface area contributed by atoms with E-state index in [4.69, 9.17) is 9.47 Å². The van der Waals surface area contributed by atoms with Crippen LogP contribution in [0.1, 0.15) is 5.56 Å². The molecule has 0 saturated carbocycles. The van der Waals surface area contributed by atoms with Gasteiger partial charge in [-0.15, -0.1) is 0 Å². The standard InChI is InChI=1S/C9H11BF3O2/c1-14-8-3-4-9(15-2)7(5-8)6-10(11,12)13/h3-5H,6H2,1-2H3/q-1. The summed E-state index contributed by atoms with van der Waals surface area (Å²) in [4.78, 5) is 0. The Morgan fingerprint density at radius 3 is 2.27 bits per heavy atom. The molecule has 0 atom stereocenters. The van der Waals surface area contributed by atoms with Gasteiger partial charge in [0.2, 0.25) is 0 Å². The van der Waals surface area contributed by atoms with Crippen molar-refractivity contribution >= 4 is 6.98 Å². The molecular weight excluding hydrogens is 208 g/mol. The molecule has 0 fully saturated rings. The lowest BCUT2D eigenvalue weighted by Gasteiger charge is -2.16. The van der Waals surface area contributed by atoms with Gasteiger partial charge in [-0.1, -0.05) is 6.32 Å². The third-order valence-corrected chi connectivity index (χ3v) is 1.94. The molecule has 0 aliphatic rings. The number of halogens is 3. The van der Waals surface area contributed by atoms with Gasteiger partial charge in [0.1, 0.15) is 11.5 Å². The molecule has 2 nitrogen and oxygen atoms in total. The largest absolute Gasteiger partial charge is 0.497 e. The predicted molar refractivity (Wildman–Crippen MR) is 52.3 cm³/mol. The van der Waals surface area contributed by atoms with Gasteiger partial charge in [-0.25, -0.2) is 0 Å². The highest BCUT2D eigenvalue weighted by molar-refractivity contribution is 6.57. The maximum Gasteiger partial charge on any atom is 0.482 e. The fourth-order valence-corrected chi connectivity index (χ4v) is 1.29. The molecule has 84 valence electrons. The second-order valence-electron chi connectivity index (χ2n) is 3.09. The van der Waals surface area contributed by atoms with Crippen molar-refractivity contribution in [2.24, 2.45) is 0 Å². The second-order valence-corrected chi connectivity index (χ2v) is 3.09. The zero-order valence-corrected chi connectivity index (χ0v) is 8.47. The molecule has 1 aromatic carbocycles. The van der Waals surface area contributed by atoms with Gasteiger partial charge in [0.25, 0.3) is 0 Å². The smallest absolute Gasteiger partial charge is 0.482 e. The van der Waals surface area contributed by atoms with Crippen LogP contribution in [0.25, 0.3) is 0 Å². The number of rotatable bonds is 4. The lowest BCUT2D eigenvalue weighted by Crippen LogP contribution is -2.19. The average molecular weight is 219 g/mol. The first kappa shape index (κ1) is 11.7. The third-order valence-electron chi connectivity index (χ3n) is 1.94. The van der Waals surface area contributed by atoms with E-state index in [9.17, 15) is 12.9 Å². The number of ether oxygens (including phenoxy) is 2. The van der Waals surface area contributed by atoms with E-state index >= 15 is 0 Å². The van der Waals surface area contributed by atoms with Crippen molar-refractivity contribution in [3.8, 4) is 11.5 Å². The SMILES string of the molecule is COc1ccc(OC)c(C[B-](F)(F)F)c1. The Labute approximate surface area is 86.1 Å². The van der Waals surface area contributed by atoms with Gasteiger partial charge in [-0.2, -0.15) is 0 Å². The van der Waals surface area contributed by atoms with Crippen molar-refractivity contribution in [3.05, 3.63) is 23.8 Å². The maximum atomic E-state index is 12.3. The highest BCUT2D eigenvalue weighted by Crippen LogP contribution is 2.28. The molecule has 6 heteroatoms. The van der Waals surface area contributed by atoms with Gasteiger partial charge >= 0.3 is 6.98 Å². The summed E-state index contributed by atoms with van der Waals surface area (Å²) < 4.78 is 46.5. The second kappa shape index (κ2) is 4.46. The van der Waals surface area contributed by atoms with Crippen LogP contribution < -0.4 is 9.47 Å². The van der Waals surface area contributed by atoms with Gasteiger partial charge < -0.3 is 22.4 Å². The molecule has 1 rings (SSSR count). The summed E-state index contributed by atoms with van der Waals surface area (Å²) in [6.45, 7) is -4.87. The molecule has 0 saturated heterocycles. The summed E-state index contributed by atoms with van der Waals surface area (Å²) in [5.41, 5.74) is 0.101. The third kappa shape index (κ3) is 3.38. The summed E-state index contributed by atoms with van der Waals surface area (Å²) in [6.07, 6.45) is -0.958. The summed E-state index contributed by atoms with van der Waals surface area (Å²) in [5, 5.41) is 0. The van der Waals surface area contributed by atoms with Gasteiger partial charge in [-0.3, -0.25) is 0 Å². The van der Waals surface area contributed by atoms with Crippen LogP contribution in [0.2, 0.25) is 0 Å². The van der Waals surface area contributed by atoms with Crippen LogP contribution in [0.4, 0.5) is 12.9 Å². The first-order chi connectivity index (χ1) is 6.96. The Hall–Kier alpha value is -1.33. The molecule has 15 heavy (non-hydrogen) atoms. The highest BCUT2D eigenvalue weighted by Gasteiger charge is 2.25. The normalized spacial score (nSPS) is 11.3. The zero-order valence-electron chi connectivity index (χ0n) is 8.47. The minimum atomic E-state index is -4.87. The topological polar surface area (TPSA) is 18.5 Å². The number of benzene rings is 1. The molecule has 0 bridgehead atoms. The Kier molecular flexibility index (Phi) is 3.50. The zero-order chi connectivity index (χ0) is 11.5. The summed E-state index contributed by atoms with van der Waals surface area (Å²) >= 11 is 0. The van der Waals surface area contributed by atoms with Crippen LogP contribution in [0.3, 0.4) is 0 Å². The lowest BCUT2D eigenvalue weighted by atomic mass is 9.81. The molecule has 0 aliphatic carbocycles. The molecule has 1 aromatic rings. The lowest BCUT2D eigenvalue weighted by molar-refractivity contribution is 0.397. The monoisotopic (exact) mass is 219 g/mol. The Morgan fingerprint density at radius 2 is 1.80 bits per heavy atom. The molecule has 0 N–H and O–H groups in total. The first-order valence-corrected chi connectivity index (χ1v) is 4.38. The molecular formula is C9H11BF3O2-. The molecule has 0 amide bonds. The van der Waals surface area contributed by atoms with Crippen LogP contribution in [0, 0.1) is 0 Å². The van der Waals surface area contributed by atoms with Gasteiger partial charge in [0.05, 0.1) is 14.2 Å². The summed E-state index contributed by atoms with van der Waals surface area (Å²) in [7, 11) is 2.75. The molecule has 0 aromatic heterocycles. The van der Waals surface area contributed by atoms with Crippen LogP contribution in [0.5, 0.6) is 11.5 Å². The van der Waals surface area contributed by atoms with Gasteiger partial charge in [0, 0.05) is 0 Å². The van der Waals surface area contributed by atoms with E-state index in [2.05, 4.69) is 0 Å². The van der Waals surface area contributed by atoms with Crippen molar-refractivity contribution in [3.63, 3.8) is 0 Å². The fourth-order valence-electron chi connectivity index (χ4n) is 1.29. The molecule has 0 heterocycles. The van der Waals surface area contributed by atoms with E-state index in [-0.39, 0.29) is 11.3 Å². The van der Waals surface area contributed by atoms with Gasteiger partial charge in [0.15, 0.2) is 0 Å². The van der Waals surface area contributed by atoms with Crippen molar-refractivity contribution in [2.45, 2.75) is 6.32 Å². The van der Waals surface area contributed by atoms with Crippen molar-refractivity contribution in [1.82, 2.24) is 0 Å². The molecule has 0 radical (unpaired) electrons. The van der Waals surface area contributed by atoms with Crippen LogP contribution in [-0.4, -0.2) is 21.2 Å². The predicted octanol–water partition coefficient (Wildman–Crippen LogP) is 2.63. The van der Waals surface area contributed by atoms with Crippen molar-refractivity contribution in [1.29, 1.82) is 0 Å². The van der Waals surface area contributed by atoms with E-state index in [0.29, 0.717) is 5.75 Å². The summed E-state index contributed by atoms with van der Waals surface area (Å²) in [5.74, 6) is 0.626. The first-order valence-electron chi connectivity index (χ1n) is 4.38. The van der Waals surface area contributed by atoms with E-state index in [1.807, 2.05) is 0 Å². The minimum absolute atomic E-state index is 0.101. The van der Waals surface area contributed by atoms with E-state index in [1.165, 1.54) is 26.4 Å². The van der Waals surface area contributed by atoms with Gasteiger partial charge in [-0.05, 0) is 23.8 Å². The van der Waals surface area contributed by atoms with Crippen LogP contribution in [0.15, 0.2) is 18.2 Å². The maximum absolute atomic E-state index is 12.3. The van der Waals surface area contributed by atoms with E-state index in [0.717, 1.165) is 0 Å². The van der Waals surface area contributed by atoms with Crippen molar-refractivity contribution in [2.75, 3.05) is 14.2 Å². The van der Waals surface area contributed by atoms with E-state index < -0.39 is 13.3 Å². The molecule has 0 spiro atoms. The minimum Gasteiger partial charge on any atom is -0.497 e. The Balaban J connectivity index is 3.01. The fraction of sp³-hybridized carbons (Fsp3) is 0.333. The van der Waals surface area contributed by atoms with E-state index in [1.54, 1.807) is 6.07 Å². The molecule has 0 unspecified atom stereocenters. The number of hydrogen-bond donors (Lipinski definition) is 0. The Morgan fingerprint density at radius 1 is 1.13 bits per heavy atom. The number of hydrogen-bond acceptors (Lipinski definition) is 2. The number of methoxy groups -OCH3 is 2. The van der Waals surface area contributed by atoms with Crippen LogP contribution >= 0.6 is 0 Å². The Bertz CT molecular complexity index is 339. The average Bonchev–Trinajstić information content (AvgIpc) is 2.15. The summed E-state index contributed by atoms with van der Waals surface area (Å²) in [6, 6.07) is 4.37. The van der Waals surface area contributed by atoms with Crippen molar-refractivity contribution < 1.29 is 22.4 Å². The van der Waals surface area contributed by atoms with Crippen LogP contribution in [-0.2, 0) is 6.32 Å². The molecule has 0 aliphatic heterocycles. The highest BCUT2D eigenvalue weighted by atomic mass is 19.4. The quantitative estimate of drug-likeness (QED) is 0.724.